The van der Waals surface area contributed by atoms with Crippen molar-refractivity contribution >= 4 is 11.9 Å². The minimum Gasteiger partial charge on any atom is -0.492 e. The zero-order valence-electron chi connectivity index (χ0n) is 20.7. The third kappa shape index (κ3) is 7.18. The number of carbonyl (C=O) groups is 2. The van der Waals surface area contributed by atoms with Gasteiger partial charge in [0.05, 0.1) is 12.7 Å². The summed E-state index contributed by atoms with van der Waals surface area (Å²) < 4.78 is 12.4. The number of rotatable bonds is 7. The van der Waals surface area contributed by atoms with Crippen LogP contribution in [-0.2, 0) is 14.3 Å². The van der Waals surface area contributed by atoms with Crippen LogP contribution in [0.15, 0.2) is 84.9 Å². The van der Waals surface area contributed by atoms with E-state index >= 15 is 0 Å². The first-order valence-electron chi connectivity index (χ1n) is 12.7. The summed E-state index contributed by atoms with van der Waals surface area (Å²) in [4.78, 5) is 20.7. The molecule has 0 aliphatic carbocycles. The van der Waals surface area contributed by atoms with Gasteiger partial charge in [0.25, 0.3) is 0 Å². The van der Waals surface area contributed by atoms with Gasteiger partial charge in [0.15, 0.2) is 0 Å². The highest BCUT2D eigenvalue weighted by molar-refractivity contribution is 6.27. The fourth-order valence-electron chi connectivity index (χ4n) is 5.07. The van der Waals surface area contributed by atoms with Gasteiger partial charge in [0.1, 0.15) is 12.4 Å². The van der Waals surface area contributed by atoms with E-state index in [0.29, 0.717) is 5.92 Å². The van der Waals surface area contributed by atoms with E-state index in [9.17, 15) is 0 Å². The molecule has 3 aromatic rings. The van der Waals surface area contributed by atoms with E-state index in [4.69, 9.17) is 29.3 Å². The summed E-state index contributed by atoms with van der Waals surface area (Å²) in [5.41, 5.74) is 3.90. The molecule has 2 N–H and O–H groups in total. The zero-order chi connectivity index (χ0) is 26.0. The van der Waals surface area contributed by atoms with Crippen LogP contribution in [0.4, 0.5) is 0 Å². The van der Waals surface area contributed by atoms with Crippen molar-refractivity contribution in [1.29, 1.82) is 0 Å². The molecular weight excluding hydrogens is 470 g/mol. The average Bonchev–Trinajstić information content (AvgIpc) is 3.61. The Kier molecular flexibility index (Phi) is 9.29. The molecule has 5 rings (SSSR count). The first-order valence-corrected chi connectivity index (χ1v) is 12.7. The molecule has 0 bridgehead atoms. The van der Waals surface area contributed by atoms with E-state index in [-0.39, 0.29) is 12.0 Å². The SMILES string of the molecule is O=C(O)C(=O)O.c1ccc([C@H]2CO[C@H](c3ccccc3)[C@H]2c2ccc(OCCN3CCCC3)cc2)cc1. The van der Waals surface area contributed by atoms with Crippen molar-refractivity contribution in [3.8, 4) is 5.75 Å². The molecule has 0 aromatic heterocycles. The molecule has 0 saturated carbocycles. The predicted molar refractivity (Wildman–Crippen MR) is 140 cm³/mol. The molecule has 2 aliphatic rings. The van der Waals surface area contributed by atoms with E-state index in [1.54, 1.807) is 0 Å². The summed E-state index contributed by atoms with van der Waals surface area (Å²) >= 11 is 0. The molecule has 2 fully saturated rings. The molecule has 3 aromatic carbocycles. The number of likely N-dealkylation sites (tertiary alicyclic amines) is 1. The van der Waals surface area contributed by atoms with Crippen molar-refractivity contribution in [1.82, 2.24) is 4.90 Å². The molecular formula is C30H33NO6. The quantitative estimate of drug-likeness (QED) is 0.440. The third-order valence-corrected chi connectivity index (χ3v) is 6.89. The maximum atomic E-state index is 9.10. The van der Waals surface area contributed by atoms with Crippen molar-refractivity contribution in [2.24, 2.45) is 0 Å². The second kappa shape index (κ2) is 13.0. The lowest BCUT2D eigenvalue weighted by molar-refractivity contribution is -0.159. The summed E-state index contributed by atoms with van der Waals surface area (Å²) in [5, 5.41) is 14.8. The number of aliphatic carboxylic acids is 2. The molecule has 0 unspecified atom stereocenters. The number of hydrogen-bond donors (Lipinski definition) is 2. The lowest BCUT2D eigenvalue weighted by Gasteiger charge is -2.24. The van der Waals surface area contributed by atoms with Crippen LogP contribution in [0, 0.1) is 0 Å². The Morgan fingerprint density at radius 2 is 1.35 bits per heavy atom. The third-order valence-electron chi connectivity index (χ3n) is 6.89. The van der Waals surface area contributed by atoms with Crippen molar-refractivity contribution in [2.75, 3.05) is 32.8 Å². The Hall–Kier alpha value is -3.68. The van der Waals surface area contributed by atoms with Crippen LogP contribution < -0.4 is 4.74 Å². The number of carboxylic acid groups (broad SMARTS) is 2. The lowest BCUT2D eigenvalue weighted by Crippen LogP contribution is -2.25. The standard InChI is InChI=1S/C28H31NO2.C2H2O4/c1-3-9-22(10-4-1)26-21-31-28(24-11-5-2-6-12-24)27(26)23-13-15-25(16-14-23)30-20-19-29-17-7-8-18-29;3-1(4)2(5)6/h1-6,9-16,26-28H,7-8,17-21H2;(H,3,4)(H,5,6)/t26-,27+,28-;/m1./s1. The normalized spacial score (nSPS) is 21.1. The first kappa shape index (κ1) is 26.4. The highest BCUT2D eigenvalue weighted by atomic mass is 16.5. The Bertz CT molecular complexity index is 1070. The van der Waals surface area contributed by atoms with Gasteiger partial charge in [0, 0.05) is 18.4 Å². The molecule has 7 heteroatoms. The summed E-state index contributed by atoms with van der Waals surface area (Å²) in [6.45, 7) is 4.94. The van der Waals surface area contributed by atoms with Gasteiger partial charge in [-0.25, -0.2) is 9.59 Å². The number of carboxylic acids is 2. The second-order valence-corrected chi connectivity index (χ2v) is 9.28. The fourth-order valence-corrected chi connectivity index (χ4v) is 5.07. The molecule has 0 amide bonds. The van der Waals surface area contributed by atoms with Gasteiger partial charge in [-0.3, -0.25) is 4.90 Å². The smallest absolute Gasteiger partial charge is 0.414 e. The highest BCUT2D eigenvalue weighted by Crippen LogP contribution is 2.49. The molecule has 2 aliphatic heterocycles. The monoisotopic (exact) mass is 503 g/mol. The lowest BCUT2D eigenvalue weighted by atomic mass is 9.79. The van der Waals surface area contributed by atoms with Crippen LogP contribution in [0.5, 0.6) is 5.75 Å². The predicted octanol–water partition coefficient (Wildman–Crippen LogP) is 4.96. The van der Waals surface area contributed by atoms with Crippen molar-refractivity contribution in [2.45, 2.75) is 30.8 Å². The Labute approximate surface area is 217 Å². The first-order chi connectivity index (χ1) is 18.0. The van der Waals surface area contributed by atoms with E-state index in [1.165, 1.54) is 42.6 Å². The molecule has 3 atom stereocenters. The summed E-state index contributed by atoms with van der Waals surface area (Å²) in [7, 11) is 0. The van der Waals surface area contributed by atoms with Crippen molar-refractivity contribution < 1.29 is 29.3 Å². The molecule has 37 heavy (non-hydrogen) atoms. The van der Waals surface area contributed by atoms with Gasteiger partial charge in [-0.2, -0.15) is 0 Å². The van der Waals surface area contributed by atoms with Crippen LogP contribution in [0.1, 0.15) is 47.5 Å². The van der Waals surface area contributed by atoms with Crippen molar-refractivity contribution in [3.05, 3.63) is 102 Å². The van der Waals surface area contributed by atoms with Gasteiger partial charge in [-0.05, 0) is 54.8 Å². The van der Waals surface area contributed by atoms with Crippen LogP contribution in [0.25, 0.3) is 0 Å². The van der Waals surface area contributed by atoms with Gasteiger partial charge < -0.3 is 19.7 Å². The van der Waals surface area contributed by atoms with E-state index in [2.05, 4.69) is 89.8 Å². The summed E-state index contributed by atoms with van der Waals surface area (Å²) in [5.74, 6) is -2.07. The van der Waals surface area contributed by atoms with E-state index in [0.717, 1.165) is 25.5 Å². The van der Waals surface area contributed by atoms with Crippen LogP contribution >= 0.6 is 0 Å². The summed E-state index contributed by atoms with van der Waals surface area (Å²) in [6, 6.07) is 30.1. The van der Waals surface area contributed by atoms with Gasteiger partial charge in [-0.15, -0.1) is 0 Å². The van der Waals surface area contributed by atoms with Gasteiger partial charge in [-0.1, -0.05) is 72.8 Å². The van der Waals surface area contributed by atoms with E-state index < -0.39 is 11.9 Å². The molecule has 0 spiro atoms. The average molecular weight is 504 g/mol. The minimum atomic E-state index is -1.82. The molecule has 2 saturated heterocycles. The Morgan fingerprint density at radius 3 is 1.92 bits per heavy atom. The molecule has 2 heterocycles. The number of ether oxygens (including phenoxy) is 2. The fraction of sp³-hybridized carbons (Fsp3) is 0.333. The number of benzene rings is 3. The molecule has 194 valence electrons. The minimum absolute atomic E-state index is 0.0633. The zero-order valence-corrected chi connectivity index (χ0v) is 20.7. The largest absolute Gasteiger partial charge is 0.492 e. The van der Waals surface area contributed by atoms with Gasteiger partial charge >= 0.3 is 11.9 Å². The highest BCUT2D eigenvalue weighted by Gasteiger charge is 2.39. The maximum Gasteiger partial charge on any atom is 0.414 e. The Morgan fingerprint density at radius 1 is 0.784 bits per heavy atom. The van der Waals surface area contributed by atoms with Crippen molar-refractivity contribution in [3.63, 3.8) is 0 Å². The number of nitrogens with zero attached hydrogens (tertiary/aromatic N) is 1. The number of hydrogen-bond acceptors (Lipinski definition) is 5. The van der Waals surface area contributed by atoms with Crippen LogP contribution in [-0.4, -0.2) is 59.9 Å². The van der Waals surface area contributed by atoms with Gasteiger partial charge in [0.2, 0.25) is 0 Å². The topological polar surface area (TPSA) is 96.3 Å². The second-order valence-electron chi connectivity index (χ2n) is 9.28. The van der Waals surface area contributed by atoms with E-state index in [1.807, 2.05) is 0 Å². The van der Waals surface area contributed by atoms with Crippen LogP contribution in [0.3, 0.4) is 0 Å². The Balaban J connectivity index is 0.000000480. The molecule has 0 radical (unpaired) electrons. The maximum absolute atomic E-state index is 9.10. The summed E-state index contributed by atoms with van der Waals surface area (Å²) in [6.07, 6.45) is 2.71. The molecule has 7 nitrogen and oxygen atoms in total. The van der Waals surface area contributed by atoms with Crippen LogP contribution in [0.2, 0.25) is 0 Å².